The van der Waals surface area contributed by atoms with Gasteiger partial charge in [-0.2, -0.15) is 0 Å². The molecule has 0 rings (SSSR count). The van der Waals surface area contributed by atoms with Crippen molar-refractivity contribution in [3.63, 3.8) is 0 Å². The first-order valence-electron chi connectivity index (χ1n) is 8.41. The quantitative estimate of drug-likeness (QED) is 0.388. The predicted octanol–water partition coefficient (Wildman–Crippen LogP) is 6.55. The molecule has 4 atom stereocenters. The minimum absolute atomic E-state index is 0.819. The van der Waals surface area contributed by atoms with Crippen LogP contribution in [0.25, 0.3) is 0 Å². The molecule has 0 aliphatic rings. The summed E-state index contributed by atoms with van der Waals surface area (Å²) in [5.74, 6) is 4.29. The van der Waals surface area contributed by atoms with Crippen LogP contribution >= 0.6 is 0 Å². The molecular weight excluding hydrogens is 216 g/mol. The van der Waals surface area contributed by atoms with E-state index >= 15 is 0 Å². The highest BCUT2D eigenvalue weighted by atomic mass is 14.3. The summed E-state index contributed by atoms with van der Waals surface area (Å²) in [5.41, 5.74) is 0. The minimum atomic E-state index is 0.819. The highest BCUT2D eigenvalue weighted by Gasteiger charge is 2.25. The second-order valence-corrected chi connectivity index (χ2v) is 7.00. The van der Waals surface area contributed by atoms with Crippen LogP contribution < -0.4 is 0 Å². The normalized spacial score (nSPS) is 18.7. The van der Waals surface area contributed by atoms with Crippen LogP contribution in [0, 0.1) is 29.6 Å². The van der Waals surface area contributed by atoms with Gasteiger partial charge in [-0.15, -0.1) is 0 Å². The third-order valence-electron chi connectivity index (χ3n) is 5.37. The first-order chi connectivity index (χ1) is 8.41. The van der Waals surface area contributed by atoms with Crippen molar-refractivity contribution in [1.29, 1.82) is 0 Å². The van der Waals surface area contributed by atoms with Crippen LogP contribution in [0.2, 0.25) is 0 Å². The van der Waals surface area contributed by atoms with Gasteiger partial charge in [0, 0.05) is 0 Å². The Balaban J connectivity index is 3.90. The highest BCUT2D eigenvalue weighted by Crippen LogP contribution is 2.33. The van der Waals surface area contributed by atoms with E-state index in [0.29, 0.717) is 0 Å². The molecule has 0 aromatic heterocycles. The van der Waals surface area contributed by atoms with E-state index in [1.165, 1.54) is 38.5 Å². The summed E-state index contributed by atoms with van der Waals surface area (Å²) in [6.45, 7) is 16.9. The lowest BCUT2D eigenvalue weighted by Crippen LogP contribution is -2.25. The summed E-state index contributed by atoms with van der Waals surface area (Å²) in [6.07, 6.45) is 8.53. The molecule has 0 spiro atoms. The van der Waals surface area contributed by atoms with Gasteiger partial charge in [-0.3, -0.25) is 0 Å². The van der Waals surface area contributed by atoms with E-state index in [4.69, 9.17) is 0 Å². The fourth-order valence-electron chi connectivity index (χ4n) is 2.94. The summed E-state index contributed by atoms with van der Waals surface area (Å²) >= 11 is 0. The molecule has 0 nitrogen and oxygen atoms in total. The zero-order chi connectivity index (χ0) is 14.1. The zero-order valence-electron chi connectivity index (χ0n) is 14.1. The van der Waals surface area contributed by atoms with E-state index in [2.05, 4.69) is 48.5 Å². The lowest BCUT2D eigenvalue weighted by Gasteiger charge is -2.32. The van der Waals surface area contributed by atoms with Crippen molar-refractivity contribution in [3.8, 4) is 0 Å². The summed E-state index contributed by atoms with van der Waals surface area (Å²) in [7, 11) is 0. The predicted molar refractivity (Wildman–Crippen MR) is 84.9 cm³/mol. The van der Waals surface area contributed by atoms with E-state index in [9.17, 15) is 0 Å². The van der Waals surface area contributed by atoms with E-state index < -0.39 is 0 Å². The van der Waals surface area contributed by atoms with Gasteiger partial charge in [0.05, 0.1) is 0 Å². The van der Waals surface area contributed by atoms with Crippen molar-refractivity contribution < 1.29 is 0 Å². The average Bonchev–Trinajstić information content (AvgIpc) is 2.35. The van der Waals surface area contributed by atoms with Crippen molar-refractivity contribution in [2.45, 2.75) is 87.0 Å². The zero-order valence-corrected chi connectivity index (χ0v) is 14.1. The van der Waals surface area contributed by atoms with Gasteiger partial charge in [-0.25, -0.2) is 0 Å². The van der Waals surface area contributed by atoms with Gasteiger partial charge in [0.1, 0.15) is 0 Å². The Labute approximate surface area is 117 Å². The van der Waals surface area contributed by atoms with Gasteiger partial charge < -0.3 is 0 Å². The van der Waals surface area contributed by atoms with Crippen LogP contribution in [0.15, 0.2) is 0 Å². The maximum atomic E-state index is 2.47. The molecule has 0 heteroatoms. The van der Waals surface area contributed by atoms with Crippen LogP contribution in [-0.2, 0) is 0 Å². The second kappa shape index (κ2) is 9.87. The first-order valence-corrected chi connectivity index (χ1v) is 8.41. The van der Waals surface area contributed by atoms with Crippen molar-refractivity contribution in [2.75, 3.05) is 0 Å². The van der Waals surface area contributed by atoms with Crippen LogP contribution in [-0.4, -0.2) is 0 Å². The molecule has 0 fully saturated rings. The highest BCUT2D eigenvalue weighted by molar-refractivity contribution is 4.74. The maximum Gasteiger partial charge on any atom is -0.0386 e. The number of hydrogen-bond donors (Lipinski definition) is 0. The fourth-order valence-corrected chi connectivity index (χ4v) is 2.94. The minimum Gasteiger partial charge on any atom is -0.0654 e. The Morgan fingerprint density at radius 3 is 1.67 bits per heavy atom. The van der Waals surface area contributed by atoms with E-state index in [1.807, 2.05) is 0 Å². The molecular formula is C18H38. The maximum absolute atomic E-state index is 2.47. The molecule has 0 radical (unpaired) electrons. The molecule has 0 saturated carbocycles. The van der Waals surface area contributed by atoms with Gasteiger partial charge >= 0.3 is 0 Å². The van der Waals surface area contributed by atoms with Crippen molar-refractivity contribution in [3.05, 3.63) is 0 Å². The Morgan fingerprint density at radius 1 is 0.611 bits per heavy atom. The molecule has 110 valence electrons. The molecule has 0 aromatic carbocycles. The summed E-state index contributed by atoms with van der Waals surface area (Å²) < 4.78 is 0. The Morgan fingerprint density at radius 2 is 1.17 bits per heavy atom. The second-order valence-electron chi connectivity index (χ2n) is 7.00. The Hall–Kier alpha value is 0. The molecule has 0 aliphatic carbocycles. The van der Waals surface area contributed by atoms with E-state index in [0.717, 1.165) is 29.6 Å². The van der Waals surface area contributed by atoms with Crippen LogP contribution in [0.1, 0.15) is 87.0 Å². The van der Waals surface area contributed by atoms with Gasteiger partial charge in [-0.1, -0.05) is 87.0 Å². The smallest absolute Gasteiger partial charge is 0.0386 e. The van der Waals surface area contributed by atoms with Gasteiger partial charge in [0.2, 0.25) is 0 Å². The van der Waals surface area contributed by atoms with Crippen LogP contribution in [0.5, 0.6) is 0 Å². The topological polar surface area (TPSA) is 0 Å². The van der Waals surface area contributed by atoms with Gasteiger partial charge in [0.15, 0.2) is 0 Å². The fraction of sp³-hybridized carbons (Fsp3) is 1.00. The molecule has 0 amide bonds. The largest absolute Gasteiger partial charge is 0.0654 e. The standard InChI is InChI=1S/C18H38/c1-8-9-10-11-12-13-15(4)17(6)18(7)16(5)14(2)3/h14-18H,8-13H2,1-7H3. The molecule has 0 bridgehead atoms. The lowest BCUT2D eigenvalue weighted by molar-refractivity contribution is 0.169. The molecule has 0 heterocycles. The summed E-state index contributed by atoms with van der Waals surface area (Å²) in [4.78, 5) is 0. The van der Waals surface area contributed by atoms with Crippen molar-refractivity contribution in [1.82, 2.24) is 0 Å². The number of rotatable bonds is 10. The van der Waals surface area contributed by atoms with Crippen LogP contribution in [0.3, 0.4) is 0 Å². The lowest BCUT2D eigenvalue weighted by atomic mass is 9.73. The Bertz CT molecular complexity index is 182. The third-order valence-corrected chi connectivity index (χ3v) is 5.37. The monoisotopic (exact) mass is 254 g/mol. The van der Waals surface area contributed by atoms with Gasteiger partial charge in [0.25, 0.3) is 0 Å². The molecule has 0 aromatic rings. The number of unbranched alkanes of at least 4 members (excludes halogenated alkanes) is 4. The Kier molecular flexibility index (Phi) is 9.87. The SMILES string of the molecule is CCCCCCCC(C)C(C)C(C)C(C)C(C)C. The van der Waals surface area contributed by atoms with E-state index in [1.54, 1.807) is 0 Å². The van der Waals surface area contributed by atoms with Crippen molar-refractivity contribution >= 4 is 0 Å². The molecule has 4 unspecified atom stereocenters. The van der Waals surface area contributed by atoms with Crippen molar-refractivity contribution in [2.24, 2.45) is 29.6 Å². The van der Waals surface area contributed by atoms with E-state index in [-0.39, 0.29) is 0 Å². The average molecular weight is 255 g/mol. The summed E-state index contributed by atoms with van der Waals surface area (Å²) in [6, 6.07) is 0. The third kappa shape index (κ3) is 6.81. The first kappa shape index (κ1) is 18.0. The number of hydrogen-bond acceptors (Lipinski definition) is 0. The molecule has 0 saturated heterocycles. The molecule has 18 heavy (non-hydrogen) atoms. The molecule has 0 aliphatic heterocycles. The van der Waals surface area contributed by atoms with Gasteiger partial charge in [-0.05, 0) is 29.6 Å². The van der Waals surface area contributed by atoms with Crippen LogP contribution in [0.4, 0.5) is 0 Å². The summed E-state index contributed by atoms with van der Waals surface area (Å²) in [5, 5.41) is 0. The molecule has 0 N–H and O–H groups in total.